The van der Waals surface area contributed by atoms with Crippen LogP contribution in [0.1, 0.15) is 61.8 Å². The summed E-state index contributed by atoms with van der Waals surface area (Å²) >= 11 is 0. The van der Waals surface area contributed by atoms with Crippen LogP contribution in [0.4, 0.5) is 16.0 Å². The minimum Gasteiger partial charge on any atom is -0.368 e. The number of carbonyl (C=O) groups excluding carboxylic acids is 1. The molecule has 1 aliphatic rings. The smallest absolute Gasteiger partial charge is 0.252 e. The predicted molar refractivity (Wildman–Crippen MR) is 150 cm³/mol. The van der Waals surface area contributed by atoms with Crippen molar-refractivity contribution in [1.82, 2.24) is 55.0 Å². The lowest BCUT2D eigenvalue weighted by molar-refractivity contribution is -0.148. The number of hydrogen-bond donors (Lipinski definition) is 3. The third kappa shape index (κ3) is 5.18. The van der Waals surface area contributed by atoms with Gasteiger partial charge in [0, 0.05) is 31.8 Å². The quantitative estimate of drug-likeness (QED) is 0.250. The number of fused-ring (bicyclic) bond motifs is 1. The summed E-state index contributed by atoms with van der Waals surface area (Å²) in [6.07, 6.45) is 9.38. The topological polar surface area (TPSA) is 166 Å². The zero-order valence-corrected chi connectivity index (χ0v) is 23.7. The van der Waals surface area contributed by atoms with Gasteiger partial charge in [-0.3, -0.25) is 19.6 Å². The molecule has 1 fully saturated rings. The molecule has 6 rings (SSSR count). The molecule has 15 heteroatoms. The van der Waals surface area contributed by atoms with Gasteiger partial charge < -0.3 is 15.4 Å². The first-order valence-electron chi connectivity index (χ1n) is 13.6. The van der Waals surface area contributed by atoms with E-state index in [0.717, 1.165) is 22.9 Å². The molecule has 0 spiro atoms. The summed E-state index contributed by atoms with van der Waals surface area (Å²) in [6, 6.07) is 1.48. The first-order chi connectivity index (χ1) is 20.2. The molecule has 218 valence electrons. The number of aromatic amines is 1. The van der Waals surface area contributed by atoms with Crippen molar-refractivity contribution in [2.75, 3.05) is 12.4 Å². The lowest BCUT2D eigenvalue weighted by Gasteiger charge is -2.38. The fourth-order valence-corrected chi connectivity index (χ4v) is 5.29. The maximum Gasteiger partial charge on any atom is 0.252 e. The third-order valence-electron chi connectivity index (χ3n) is 7.76. The predicted octanol–water partition coefficient (Wildman–Crippen LogP) is 3.17. The van der Waals surface area contributed by atoms with Crippen molar-refractivity contribution in [3.63, 3.8) is 0 Å². The molecule has 14 nitrogen and oxygen atoms in total. The highest BCUT2D eigenvalue weighted by Crippen LogP contribution is 2.40. The van der Waals surface area contributed by atoms with Crippen molar-refractivity contribution in [1.29, 1.82) is 0 Å². The molecular weight excluding hydrogens is 543 g/mol. The molecule has 5 heterocycles. The van der Waals surface area contributed by atoms with Crippen LogP contribution in [0, 0.1) is 12.7 Å². The number of methoxy groups -OCH3 is 1. The van der Waals surface area contributed by atoms with Crippen LogP contribution >= 0.6 is 0 Å². The molecule has 0 saturated heterocycles. The van der Waals surface area contributed by atoms with Crippen LogP contribution in [0.25, 0.3) is 16.9 Å². The Morgan fingerprint density at radius 3 is 2.62 bits per heavy atom. The number of halogens is 1. The van der Waals surface area contributed by atoms with Crippen LogP contribution in [0.5, 0.6) is 0 Å². The van der Waals surface area contributed by atoms with Gasteiger partial charge in [-0.1, -0.05) is 0 Å². The fraction of sp³-hybridized carbons (Fsp3) is 0.407. The van der Waals surface area contributed by atoms with Gasteiger partial charge in [-0.05, 0) is 39.5 Å². The minimum absolute atomic E-state index is 0.0322. The summed E-state index contributed by atoms with van der Waals surface area (Å²) in [5.41, 5.74) is 1.22. The third-order valence-corrected chi connectivity index (χ3v) is 7.76. The number of aromatic nitrogens is 10. The number of anilines is 2. The van der Waals surface area contributed by atoms with E-state index in [2.05, 4.69) is 41.0 Å². The lowest BCUT2D eigenvalue weighted by Crippen LogP contribution is -2.51. The molecular formula is C27H31FN12O2. The molecule has 1 saturated carbocycles. The molecule has 5 aromatic rings. The highest BCUT2D eigenvalue weighted by Gasteiger charge is 2.43. The molecule has 1 amide bonds. The van der Waals surface area contributed by atoms with Crippen LogP contribution in [0.3, 0.4) is 0 Å². The molecule has 0 bridgehead atoms. The Bertz CT molecular complexity index is 1720. The Hall–Kier alpha value is -4.79. The molecule has 3 N–H and O–H groups in total. The highest BCUT2D eigenvalue weighted by molar-refractivity contribution is 5.88. The molecule has 42 heavy (non-hydrogen) atoms. The van der Waals surface area contributed by atoms with E-state index in [0.29, 0.717) is 54.7 Å². The molecule has 5 aromatic heterocycles. The van der Waals surface area contributed by atoms with Crippen molar-refractivity contribution in [2.24, 2.45) is 7.05 Å². The van der Waals surface area contributed by atoms with E-state index >= 15 is 0 Å². The van der Waals surface area contributed by atoms with E-state index in [9.17, 15) is 9.18 Å². The number of hydrogen-bond acceptors (Lipinski definition) is 10. The van der Waals surface area contributed by atoms with Crippen molar-refractivity contribution < 1.29 is 13.9 Å². The SMILES string of the molecule is COC1(C(=O)N[C@@H](C)c2cnc(-n3cc(F)cn3)cn2)CCC(c2nc(Nc3cc(C)[nH]n3)c3cnn(C)c3n2)CC1. The van der Waals surface area contributed by atoms with Crippen LogP contribution in [0.2, 0.25) is 0 Å². The van der Waals surface area contributed by atoms with E-state index in [1.807, 2.05) is 27.0 Å². The molecule has 0 aromatic carbocycles. The van der Waals surface area contributed by atoms with E-state index in [-0.39, 0.29) is 11.8 Å². The summed E-state index contributed by atoms with van der Waals surface area (Å²) in [7, 11) is 3.41. The van der Waals surface area contributed by atoms with Gasteiger partial charge in [-0.15, -0.1) is 0 Å². The van der Waals surface area contributed by atoms with Gasteiger partial charge in [0.2, 0.25) is 0 Å². The molecule has 1 aliphatic carbocycles. The normalized spacial score (nSPS) is 19.6. The number of nitrogens with one attached hydrogen (secondary N) is 3. The van der Waals surface area contributed by atoms with Gasteiger partial charge in [0.1, 0.15) is 17.2 Å². The second kappa shape index (κ2) is 10.9. The second-order valence-electron chi connectivity index (χ2n) is 10.6. The van der Waals surface area contributed by atoms with Crippen molar-refractivity contribution >= 4 is 28.6 Å². The number of ether oxygens (including phenoxy) is 1. The monoisotopic (exact) mass is 574 g/mol. The van der Waals surface area contributed by atoms with Gasteiger partial charge >= 0.3 is 0 Å². The Morgan fingerprint density at radius 1 is 1.17 bits per heavy atom. The van der Waals surface area contributed by atoms with Crippen LogP contribution in [0.15, 0.2) is 37.1 Å². The largest absolute Gasteiger partial charge is 0.368 e. The molecule has 0 unspecified atom stereocenters. The Kier molecular flexibility index (Phi) is 7.10. The average Bonchev–Trinajstić information content (AvgIpc) is 3.73. The van der Waals surface area contributed by atoms with Gasteiger partial charge in [-0.2, -0.15) is 15.3 Å². The van der Waals surface area contributed by atoms with E-state index in [1.54, 1.807) is 18.0 Å². The van der Waals surface area contributed by atoms with Crippen LogP contribution in [-0.2, 0) is 16.6 Å². The van der Waals surface area contributed by atoms with Crippen LogP contribution < -0.4 is 10.6 Å². The van der Waals surface area contributed by atoms with E-state index in [4.69, 9.17) is 14.7 Å². The summed E-state index contributed by atoms with van der Waals surface area (Å²) in [4.78, 5) is 31.9. The molecule has 0 aliphatic heterocycles. The maximum absolute atomic E-state index is 13.5. The van der Waals surface area contributed by atoms with E-state index in [1.165, 1.54) is 23.3 Å². The van der Waals surface area contributed by atoms with Gasteiger partial charge in [0.15, 0.2) is 23.1 Å². The van der Waals surface area contributed by atoms with Gasteiger partial charge in [0.25, 0.3) is 5.91 Å². The van der Waals surface area contributed by atoms with Gasteiger partial charge in [-0.25, -0.2) is 24.0 Å². The summed E-state index contributed by atoms with van der Waals surface area (Å²) in [6.45, 7) is 3.76. The first kappa shape index (κ1) is 27.4. The van der Waals surface area contributed by atoms with Crippen LogP contribution in [-0.4, -0.2) is 68.3 Å². The summed E-state index contributed by atoms with van der Waals surface area (Å²) < 4.78 is 22.2. The first-order valence-corrected chi connectivity index (χ1v) is 13.6. The van der Waals surface area contributed by atoms with Gasteiger partial charge in [0.05, 0.1) is 48.1 Å². The Balaban J connectivity index is 1.15. The van der Waals surface area contributed by atoms with E-state index < -0.39 is 17.5 Å². The second-order valence-corrected chi connectivity index (χ2v) is 10.6. The molecule has 1 atom stereocenters. The maximum atomic E-state index is 13.5. The van der Waals surface area contributed by atoms with Crippen molar-refractivity contribution in [2.45, 2.75) is 57.1 Å². The number of carbonyl (C=O) groups is 1. The number of rotatable bonds is 8. The summed E-state index contributed by atoms with van der Waals surface area (Å²) in [5, 5.41) is 22.6. The number of amides is 1. The standard InChI is InChI=1S/C27H31FN12O2/c1-15-9-21(38-37-15)34-24-19-11-31-39(3)25(19)36-23(35-24)17-5-7-27(42-4,8-6-17)26(41)33-16(2)20-12-30-22(13-29-20)40-14-18(28)10-32-40/h9-14,16-17H,5-8H2,1-4H3,(H,33,41)(H2,34,35,36,37,38)/t16-,17?,27?/m0/s1. The number of H-pyrrole nitrogens is 1. The number of nitrogens with zero attached hydrogens (tertiary/aromatic N) is 9. The minimum atomic E-state index is -0.991. The molecule has 0 radical (unpaired) electrons. The average molecular weight is 575 g/mol. The summed E-state index contributed by atoms with van der Waals surface area (Å²) in [5.74, 6) is 1.70. The fourth-order valence-electron chi connectivity index (χ4n) is 5.29. The Labute approximate surface area is 240 Å². The van der Waals surface area contributed by atoms with Crippen molar-refractivity contribution in [3.8, 4) is 5.82 Å². The Morgan fingerprint density at radius 2 is 1.98 bits per heavy atom. The zero-order chi connectivity index (χ0) is 29.4. The lowest BCUT2D eigenvalue weighted by atomic mass is 9.77. The zero-order valence-electron chi connectivity index (χ0n) is 23.7. The number of aryl methyl sites for hydroxylation is 2. The van der Waals surface area contributed by atoms with Crippen molar-refractivity contribution in [3.05, 3.63) is 60.1 Å². The highest BCUT2D eigenvalue weighted by atomic mass is 19.1.